The Morgan fingerprint density at radius 1 is 1.13 bits per heavy atom. The Kier molecular flexibility index (Phi) is 2.98. The van der Waals surface area contributed by atoms with E-state index >= 15 is 0 Å². The van der Waals surface area contributed by atoms with Crippen molar-refractivity contribution >= 4 is 29.3 Å². The van der Waals surface area contributed by atoms with Crippen molar-refractivity contribution in [3.63, 3.8) is 0 Å². The van der Waals surface area contributed by atoms with Gasteiger partial charge in [0, 0.05) is 17.3 Å². The SMILES string of the molecule is Nc1nc(Cl)nc(Sc2ccncc2)n1. The summed E-state index contributed by atoms with van der Waals surface area (Å²) in [7, 11) is 0. The lowest BCUT2D eigenvalue weighted by molar-refractivity contribution is 0.916. The van der Waals surface area contributed by atoms with Crippen LogP contribution in [0.2, 0.25) is 5.28 Å². The fourth-order valence-corrected chi connectivity index (χ4v) is 1.86. The van der Waals surface area contributed by atoms with Crippen LogP contribution in [-0.4, -0.2) is 19.9 Å². The standard InChI is InChI=1S/C8H6ClN5S/c9-6-12-7(10)14-8(13-6)15-5-1-3-11-4-2-5/h1-4H,(H2,10,12,13,14). The summed E-state index contributed by atoms with van der Waals surface area (Å²) in [4.78, 5) is 16.4. The molecule has 0 atom stereocenters. The van der Waals surface area contributed by atoms with E-state index in [0.717, 1.165) is 4.90 Å². The maximum Gasteiger partial charge on any atom is 0.228 e. The normalized spacial score (nSPS) is 10.2. The molecular weight excluding hydrogens is 234 g/mol. The summed E-state index contributed by atoms with van der Waals surface area (Å²) in [5.41, 5.74) is 5.44. The number of hydrogen-bond acceptors (Lipinski definition) is 6. The van der Waals surface area contributed by atoms with Crippen molar-refractivity contribution in [2.45, 2.75) is 10.1 Å². The molecule has 0 saturated heterocycles. The first-order valence-corrected chi connectivity index (χ1v) is 5.18. The lowest BCUT2D eigenvalue weighted by atomic mass is 10.5. The number of nitrogens with zero attached hydrogens (tertiary/aromatic N) is 4. The van der Waals surface area contributed by atoms with Gasteiger partial charge in [0.2, 0.25) is 11.2 Å². The van der Waals surface area contributed by atoms with E-state index in [1.54, 1.807) is 12.4 Å². The fraction of sp³-hybridized carbons (Fsp3) is 0. The number of aromatic nitrogens is 4. The quantitative estimate of drug-likeness (QED) is 0.859. The minimum absolute atomic E-state index is 0.0963. The van der Waals surface area contributed by atoms with Crippen LogP contribution in [0.5, 0.6) is 0 Å². The number of halogens is 1. The van der Waals surface area contributed by atoms with Gasteiger partial charge in [-0.15, -0.1) is 0 Å². The molecule has 2 rings (SSSR count). The van der Waals surface area contributed by atoms with Gasteiger partial charge in [-0.3, -0.25) is 4.98 Å². The van der Waals surface area contributed by atoms with E-state index in [1.165, 1.54) is 11.8 Å². The molecule has 0 aromatic carbocycles. The van der Waals surface area contributed by atoms with Crippen molar-refractivity contribution in [3.8, 4) is 0 Å². The molecule has 0 amide bonds. The Bertz CT molecular complexity index is 444. The van der Waals surface area contributed by atoms with Gasteiger partial charge in [-0.25, -0.2) is 0 Å². The molecule has 2 heterocycles. The van der Waals surface area contributed by atoms with E-state index in [2.05, 4.69) is 19.9 Å². The molecule has 0 radical (unpaired) electrons. The Balaban J connectivity index is 2.25. The molecule has 0 fully saturated rings. The number of nitrogens with two attached hydrogens (primary N) is 1. The molecular formula is C8H6ClN5S. The van der Waals surface area contributed by atoms with Crippen LogP contribution in [0.25, 0.3) is 0 Å². The summed E-state index contributed by atoms with van der Waals surface area (Å²) >= 11 is 7.00. The Morgan fingerprint density at radius 3 is 2.53 bits per heavy atom. The second-order valence-corrected chi connectivity index (χ2v) is 3.91. The highest BCUT2D eigenvalue weighted by Crippen LogP contribution is 2.24. The zero-order chi connectivity index (χ0) is 10.7. The molecule has 0 aliphatic rings. The van der Waals surface area contributed by atoms with Gasteiger partial charge in [0.1, 0.15) is 0 Å². The topological polar surface area (TPSA) is 77.6 Å². The Hall–Kier alpha value is -1.40. The van der Waals surface area contributed by atoms with Gasteiger partial charge < -0.3 is 5.73 Å². The summed E-state index contributed by atoms with van der Waals surface area (Å²) in [6.07, 6.45) is 3.38. The predicted octanol–water partition coefficient (Wildman–Crippen LogP) is 1.65. The van der Waals surface area contributed by atoms with Crippen molar-refractivity contribution in [2.75, 3.05) is 5.73 Å². The van der Waals surface area contributed by atoms with Gasteiger partial charge in [0.15, 0.2) is 5.16 Å². The second-order valence-electron chi connectivity index (χ2n) is 2.53. The van der Waals surface area contributed by atoms with Gasteiger partial charge in [0.05, 0.1) is 0 Å². The minimum atomic E-state index is 0.0963. The molecule has 2 aromatic heterocycles. The van der Waals surface area contributed by atoms with Gasteiger partial charge in [-0.05, 0) is 35.5 Å². The van der Waals surface area contributed by atoms with Crippen molar-refractivity contribution < 1.29 is 0 Å². The average molecular weight is 240 g/mol. The summed E-state index contributed by atoms with van der Waals surface area (Å²) in [5.74, 6) is 0.117. The first-order chi connectivity index (χ1) is 7.24. The summed E-state index contributed by atoms with van der Waals surface area (Å²) in [5, 5.41) is 0.567. The Morgan fingerprint density at radius 2 is 1.87 bits per heavy atom. The van der Waals surface area contributed by atoms with Crippen molar-refractivity contribution in [1.82, 2.24) is 19.9 Å². The van der Waals surface area contributed by atoms with E-state index in [4.69, 9.17) is 17.3 Å². The zero-order valence-corrected chi connectivity index (χ0v) is 9.03. The van der Waals surface area contributed by atoms with Crippen LogP contribution in [0.15, 0.2) is 34.6 Å². The summed E-state index contributed by atoms with van der Waals surface area (Å²) < 4.78 is 0. The molecule has 2 aromatic rings. The third-order valence-electron chi connectivity index (χ3n) is 1.46. The first kappa shape index (κ1) is 10.1. The zero-order valence-electron chi connectivity index (χ0n) is 7.46. The third-order valence-corrected chi connectivity index (χ3v) is 2.51. The van der Waals surface area contributed by atoms with Crippen LogP contribution in [0.4, 0.5) is 5.95 Å². The van der Waals surface area contributed by atoms with E-state index < -0.39 is 0 Å². The van der Waals surface area contributed by atoms with E-state index in [9.17, 15) is 0 Å². The Labute approximate surface area is 95.1 Å². The molecule has 15 heavy (non-hydrogen) atoms. The van der Waals surface area contributed by atoms with Crippen LogP contribution < -0.4 is 5.73 Å². The lowest BCUT2D eigenvalue weighted by Crippen LogP contribution is -1.98. The summed E-state index contributed by atoms with van der Waals surface area (Å²) in [6.45, 7) is 0. The first-order valence-electron chi connectivity index (χ1n) is 3.99. The molecule has 0 aliphatic carbocycles. The van der Waals surface area contributed by atoms with Crippen LogP contribution in [0, 0.1) is 0 Å². The largest absolute Gasteiger partial charge is 0.368 e. The van der Waals surface area contributed by atoms with Gasteiger partial charge in [-0.1, -0.05) is 0 Å². The molecule has 2 N–H and O–H groups in total. The van der Waals surface area contributed by atoms with Gasteiger partial charge in [0.25, 0.3) is 0 Å². The number of hydrogen-bond donors (Lipinski definition) is 1. The molecule has 0 spiro atoms. The second kappa shape index (κ2) is 4.41. The van der Waals surface area contributed by atoms with Crippen LogP contribution in [0.1, 0.15) is 0 Å². The van der Waals surface area contributed by atoms with Crippen molar-refractivity contribution in [2.24, 2.45) is 0 Å². The van der Waals surface area contributed by atoms with E-state index in [1.807, 2.05) is 12.1 Å². The molecule has 7 heteroatoms. The monoisotopic (exact) mass is 239 g/mol. The lowest BCUT2D eigenvalue weighted by Gasteiger charge is -2.00. The number of rotatable bonds is 2. The molecule has 0 saturated carbocycles. The van der Waals surface area contributed by atoms with E-state index in [0.29, 0.717) is 5.16 Å². The molecule has 0 aliphatic heterocycles. The molecule has 5 nitrogen and oxygen atoms in total. The van der Waals surface area contributed by atoms with Gasteiger partial charge in [-0.2, -0.15) is 15.0 Å². The van der Waals surface area contributed by atoms with Crippen LogP contribution in [-0.2, 0) is 0 Å². The highest BCUT2D eigenvalue weighted by Gasteiger charge is 2.04. The highest BCUT2D eigenvalue weighted by molar-refractivity contribution is 7.99. The van der Waals surface area contributed by atoms with E-state index in [-0.39, 0.29) is 11.2 Å². The third kappa shape index (κ3) is 2.77. The fourth-order valence-electron chi connectivity index (χ4n) is 0.904. The summed E-state index contributed by atoms with van der Waals surface area (Å²) in [6, 6.07) is 3.69. The molecule has 0 unspecified atom stereocenters. The number of anilines is 1. The maximum absolute atomic E-state index is 5.65. The smallest absolute Gasteiger partial charge is 0.228 e. The van der Waals surface area contributed by atoms with Gasteiger partial charge >= 0.3 is 0 Å². The highest BCUT2D eigenvalue weighted by atomic mass is 35.5. The van der Waals surface area contributed by atoms with Crippen molar-refractivity contribution in [1.29, 1.82) is 0 Å². The molecule has 76 valence electrons. The molecule has 0 bridgehead atoms. The predicted molar refractivity (Wildman–Crippen MR) is 57.6 cm³/mol. The number of nitrogen functional groups attached to an aromatic ring is 1. The van der Waals surface area contributed by atoms with Crippen LogP contribution in [0.3, 0.4) is 0 Å². The average Bonchev–Trinajstić information content (AvgIpc) is 2.17. The van der Waals surface area contributed by atoms with Crippen molar-refractivity contribution in [3.05, 3.63) is 29.8 Å². The van der Waals surface area contributed by atoms with Crippen LogP contribution >= 0.6 is 23.4 Å². The minimum Gasteiger partial charge on any atom is -0.368 e. The maximum atomic E-state index is 5.65. The number of pyridine rings is 1.